The number of hydrogen-bond donors (Lipinski definition) is 1. The number of phenolic OH excluding ortho intramolecular Hbond substituents is 1. The highest BCUT2D eigenvalue weighted by Gasteiger charge is 2.16. The Hall–Kier alpha value is -2.33. The van der Waals surface area contributed by atoms with E-state index < -0.39 is 0 Å². The molecule has 0 fully saturated rings. The number of phenols is 1. The molecule has 0 aliphatic carbocycles. The quantitative estimate of drug-likeness (QED) is 0.858. The Bertz CT molecular complexity index is 650. The van der Waals surface area contributed by atoms with Gasteiger partial charge in [-0.15, -0.1) is 0 Å². The number of nitrogens with zero attached hydrogens (tertiary/aromatic N) is 1. The molecule has 0 aliphatic heterocycles. The first-order valence-corrected chi connectivity index (χ1v) is 6.66. The summed E-state index contributed by atoms with van der Waals surface area (Å²) in [6, 6.07) is 11.3. The standard InChI is InChI=1S/C17H19NO3/c1-18(2)10-12-6-4-5-7-13(12)14-8-9-16(21-3)17(20)15(14)11-19/h4-9,11,20H,10H2,1-3H3. The smallest absolute Gasteiger partial charge is 0.169 e. The maximum Gasteiger partial charge on any atom is 0.169 e. The number of carbonyl (C=O) groups excluding carboxylic acids is 1. The lowest BCUT2D eigenvalue weighted by molar-refractivity contribution is 0.112. The highest BCUT2D eigenvalue weighted by molar-refractivity contribution is 5.93. The lowest BCUT2D eigenvalue weighted by Gasteiger charge is -2.16. The van der Waals surface area contributed by atoms with E-state index in [9.17, 15) is 9.90 Å². The fourth-order valence-electron chi connectivity index (χ4n) is 2.37. The van der Waals surface area contributed by atoms with Gasteiger partial charge in [0.25, 0.3) is 0 Å². The van der Waals surface area contributed by atoms with Crippen molar-refractivity contribution >= 4 is 6.29 Å². The summed E-state index contributed by atoms with van der Waals surface area (Å²) < 4.78 is 5.06. The van der Waals surface area contributed by atoms with Crippen LogP contribution in [0.25, 0.3) is 11.1 Å². The van der Waals surface area contributed by atoms with Crippen molar-refractivity contribution in [2.75, 3.05) is 21.2 Å². The number of methoxy groups -OCH3 is 1. The second-order valence-corrected chi connectivity index (χ2v) is 5.09. The first-order chi connectivity index (χ1) is 10.1. The van der Waals surface area contributed by atoms with E-state index >= 15 is 0 Å². The van der Waals surface area contributed by atoms with Gasteiger partial charge >= 0.3 is 0 Å². The Balaban J connectivity index is 2.62. The zero-order valence-corrected chi connectivity index (χ0v) is 12.5. The minimum Gasteiger partial charge on any atom is -0.504 e. The summed E-state index contributed by atoms with van der Waals surface area (Å²) >= 11 is 0. The van der Waals surface area contributed by atoms with Crippen molar-refractivity contribution in [3.63, 3.8) is 0 Å². The summed E-state index contributed by atoms with van der Waals surface area (Å²) in [4.78, 5) is 13.5. The molecule has 0 saturated carbocycles. The van der Waals surface area contributed by atoms with E-state index in [4.69, 9.17) is 4.74 Å². The highest BCUT2D eigenvalue weighted by Crippen LogP contribution is 2.37. The lowest BCUT2D eigenvalue weighted by Crippen LogP contribution is -2.11. The maximum absolute atomic E-state index is 11.4. The molecule has 0 unspecified atom stereocenters. The molecular formula is C17H19NO3. The van der Waals surface area contributed by atoms with Crippen molar-refractivity contribution in [3.8, 4) is 22.6 Å². The third kappa shape index (κ3) is 3.06. The molecule has 2 rings (SSSR count). The Morgan fingerprint density at radius 2 is 1.86 bits per heavy atom. The Labute approximate surface area is 124 Å². The number of benzene rings is 2. The molecule has 110 valence electrons. The van der Waals surface area contributed by atoms with E-state index in [1.807, 2.05) is 38.4 Å². The minimum absolute atomic E-state index is 0.121. The van der Waals surface area contributed by atoms with E-state index in [0.717, 1.165) is 17.7 Å². The third-order valence-corrected chi connectivity index (χ3v) is 3.31. The number of aromatic hydroxyl groups is 1. The van der Waals surface area contributed by atoms with Gasteiger partial charge in [0.2, 0.25) is 0 Å². The van der Waals surface area contributed by atoms with Gasteiger partial charge in [0.05, 0.1) is 12.7 Å². The highest BCUT2D eigenvalue weighted by atomic mass is 16.5. The average Bonchev–Trinajstić information content (AvgIpc) is 2.47. The van der Waals surface area contributed by atoms with Gasteiger partial charge in [0.15, 0.2) is 17.8 Å². The van der Waals surface area contributed by atoms with E-state index in [1.54, 1.807) is 12.1 Å². The average molecular weight is 285 g/mol. The molecule has 0 amide bonds. The second kappa shape index (κ2) is 6.41. The van der Waals surface area contributed by atoms with Crippen LogP contribution < -0.4 is 4.74 Å². The molecule has 0 radical (unpaired) electrons. The van der Waals surface area contributed by atoms with Crippen molar-refractivity contribution in [3.05, 3.63) is 47.5 Å². The van der Waals surface area contributed by atoms with Crippen molar-refractivity contribution in [2.45, 2.75) is 6.54 Å². The van der Waals surface area contributed by atoms with Crippen molar-refractivity contribution in [2.24, 2.45) is 0 Å². The molecule has 0 saturated heterocycles. The number of ether oxygens (including phenoxy) is 1. The van der Waals surface area contributed by atoms with Crippen molar-refractivity contribution < 1.29 is 14.6 Å². The van der Waals surface area contributed by atoms with Crippen LogP contribution in [0.4, 0.5) is 0 Å². The van der Waals surface area contributed by atoms with Crippen LogP contribution in [-0.2, 0) is 6.54 Å². The third-order valence-electron chi connectivity index (χ3n) is 3.31. The normalized spacial score (nSPS) is 10.7. The van der Waals surface area contributed by atoms with E-state index in [1.165, 1.54) is 7.11 Å². The first kappa shape index (κ1) is 15.1. The van der Waals surface area contributed by atoms with Crippen LogP contribution in [0.2, 0.25) is 0 Å². The summed E-state index contributed by atoms with van der Waals surface area (Å²) in [7, 11) is 5.44. The summed E-state index contributed by atoms with van der Waals surface area (Å²) in [5.41, 5.74) is 2.99. The van der Waals surface area contributed by atoms with E-state index in [-0.39, 0.29) is 11.3 Å². The first-order valence-electron chi connectivity index (χ1n) is 6.66. The molecular weight excluding hydrogens is 266 g/mol. The molecule has 21 heavy (non-hydrogen) atoms. The molecule has 0 spiro atoms. The van der Waals surface area contributed by atoms with Crippen molar-refractivity contribution in [1.29, 1.82) is 0 Å². The Morgan fingerprint density at radius 3 is 2.48 bits per heavy atom. The number of rotatable bonds is 5. The van der Waals surface area contributed by atoms with E-state index in [2.05, 4.69) is 4.90 Å². The second-order valence-electron chi connectivity index (χ2n) is 5.09. The van der Waals surface area contributed by atoms with Gasteiger partial charge in [-0.1, -0.05) is 24.3 Å². The topological polar surface area (TPSA) is 49.8 Å². The van der Waals surface area contributed by atoms with Gasteiger partial charge in [0.1, 0.15) is 0 Å². The van der Waals surface area contributed by atoms with Crippen LogP contribution in [0, 0.1) is 0 Å². The van der Waals surface area contributed by atoms with Crippen LogP contribution in [0.15, 0.2) is 36.4 Å². The number of carbonyl (C=O) groups is 1. The number of hydrogen-bond acceptors (Lipinski definition) is 4. The van der Waals surface area contributed by atoms with Crippen LogP contribution in [0.3, 0.4) is 0 Å². The summed E-state index contributed by atoms with van der Waals surface area (Å²) in [6.45, 7) is 0.751. The van der Waals surface area contributed by atoms with Crippen molar-refractivity contribution in [1.82, 2.24) is 4.90 Å². The van der Waals surface area contributed by atoms with Crippen LogP contribution >= 0.6 is 0 Å². The maximum atomic E-state index is 11.4. The summed E-state index contributed by atoms with van der Waals surface area (Å²) in [5.74, 6) is 0.176. The molecule has 0 aliphatic rings. The molecule has 2 aromatic carbocycles. The SMILES string of the molecule is COc1ccc(-c2ccccc2CN(C)C)c(C=O)c1O. The monoisotopic (exact) mass is 285 g/mol. The van der Waals surface area contributed by atoms with Crippen LogP contribution in [0.1, 0.15) is 15.9 Å². The van der Waals surface area contributed by atoms with Gasteiger partial charge < -0.3 is 14.7 Å². The predicted octanol–water partition coefficient (Wildman–Crippen LogP) is 2.94. The largest absolute Gasteiger partial charge is 0.504 e. The summed E-state index contributed by atoms with van der Waals surface area (Å²) in [6.07, 6.45) is 0.666. The van der Waals surface area contributed by atoms with Gasteiger partial charge in [-0.05, 0) is 42.9 Å². The predicted molar refractivity (Wildman–Crippen MR) is 82.9 cm³/mol. The van der Waals surface area contributed by atoms with Gasteiger partial charge in [-0.3, -0.25) is 4.79 Å². The zero-order chi connectivity index (χ0) is 15.4. The summed E-state index contributed by atoms with van der Waals surface area (Å²) in [5, 5.41) is 10.1. The zero-order valence-electron chi connectivity index (χ0n) is 12.5. The molecule has 1 N–H and O–H groups in total. The molecule has 0 heterocycles. The Kier molecular flexibility index (Phi) is 4.60. The van der Waals surface area contributed by atoms with Gasteiger partial charge in [0, 0.05) is 6.54 Å². The van der Waals surface area contributed by atoms with Gasteiger partial charge in [-0.2, -0.15) is 0 Å². The van der Waals surface area contributed by atoms with Crippen LogP contribution in [-0.4, -0.2) is 37.5 Å². The number of aldehydes is 1. The Morgan fingerprint density at radius 1 is 1.14 bits per heavy atom. The molecule has 0 bridgehead atoms. The minimum atomic E-state index is -0.121. The fourth-order valence-corrected chi connectivity index (χ4v) is 2.37. The van der Waals surface area contributed by atoms with Gasteiger partial charge in [-0.25, -0.2) is 0 Å². The van der Waals surface area contributed by atoms with Crippen LogP contribution in [0.5, 0.6) is 11.5 Å². The molecule has 2 aromatic rings. The molecule has 0 atom stereocenters. The fraction of sp³-hybridized carbons (Fsp3) is 0.235. The molecule has 4 nitrogen and oxygen atoms in total. The lowest BCUT2D eigenvalue weighted by atomic mass is 9.94. The van der Waals surface area contributed by atoms with E-state index in [0.29, 0.717) is 17.6 Å². The molecule has 0 aromatic heterocycles. The molecule has 4 heteroatoms.